The number of halogens is 1. The molecule has 2 N–H and O–H groups in total. The van der Waals surface area contributed by atoms with E-state index in [4.69, 9.17) is 5.73 Å². The Morgan fingerprint density at radius 1 is 1.62 bits per heavy atom. The van der Waals surface area contributed by atoms with Crippen LogP contribution in [0.15, 0.2) is 15.5 Å². The molecule has 16 heavy (non-hydrogen) atoms. The standard InChI is InChI=1S/C10H17BrN4O/c1-3-5-15-10(16)9(11)8(7-13-15)14(2)6-4-12/h7H,3-6,12H2,1-2H3. The highest BCUT2D eigenvalue weighted by Gasteiger charge is 2.11. The van der Waals surface area contributed by atoms with Gasteiger partial charge in [-0.25, -0.2) is 4.68 Å². The minimum atomic E-state index is -0.0942. The predicted octanol–water partition coefficient (Wildman–Crippen LogP) is 0.811. The number of anilines is 1. The molecule has 0 amide bonds. The fraction of sp³-hybridized carbons (Fsp3) is 0.600. The zero-order chi connectivity index (χ0) is 12.1. The van der Waals surface area contributed by atoms with Crippen molar-refractivity contribution in [2.24, 2.45) is 5.73 Å². The molecule has 0 saturated carbocycles. The van der Waals surface area contributed by atoms with Crippen molar-refractivity contribution in [3.05, 3.63) is 21.0 Å². The first-order chi connectivity index (χ1) is 7.61. The Bertz CT molecular complexity index is 404. The molecule has 1 aromatic heterocycles. The SMILES string of the molecule is CCCn1ncc(N(C)CCN)c(Br)c1=O. The first-order valence-electron chi connectivity index (χ1n) is 5.28. The zero-order valence-electron chi connectivity index (χ0n) is 9.61. The minimum absolute atomic E-state index is 0.0942. The van der Waals surface area contributed by atoms with Crippen LogP contribution in [0.5, 0.6) is 0 Å². The normalized spacial score (nSPS) is 10.5. The summed E-state index contributed by atoms with van der Waals surface area (Å²) in [6.07, 6.45) is 2.58. The molecule has 1 heterocycles. The Labute approximate surface area is 103 Å². The molecule has 0 fully saturated rings. The van der Waals surface area contributed by atoms with Crippen LogP contribution in [0.2, 0.25) is 0 Å². The molecule has 0 spiro atoms. The van der Waals surface area contributed by atoms with Crippen LogP contribution in [0.4, 0.5) is 5.69 Å². The number of nitrogens with zero attached hydrogens (tertiary/aromatic N) is 3. The third-order valence-electron chi connectivity index (χ3n) is 2.28. The molecule has 5 nitrogen and oxygen atoms in total. The Hall–Kier alpha value is -0.880. The van der Waals surface area contributed by atoms with E-state index in [1.54, 1.807) is 6.20 Å². The average Bonchev–Trinajstić information content (AvgIpc) is 2.25. The molecule has 0 saturated heterocycles. The quantitative estimate of drug-likeness (QED) is 0.871. The van der Waals surface area contributed by atoms with Crippen molar-refractivity contribution >= 4 is 21.6 Å². The number of aryl methyl sites for hydroxylation is 1. The third-order valence-corrected chi connectivity index (χ3v) is 3.02. The average molecular weight is 289 g/mol. The second kappa shape index (κ2) is 6.00. The summed E-state index contributed by atoms with van der Waals surface area (Å²) in [4.78, 5) is 13.8. The van der Waals surface area contributed by atoms with Crippen LogP contribution < -0.4 is 16.2 Å². The molecule has 0 atom stereocenters. The van der Waals surface area contributed by atoms with E-state index in [1.165, 1.54) is 4.68 Å². The fourth-order valence-electron chi connectivity index (χ4n) is 1.41. The molecule has 90 valence electrons. The van der Waals surface area contributed by atoms with Crippen LogP contribution >= 0.6 is 15.9 Å². The Kier molecular flexibility index (Phi) is 4.95. The van der Waals surface area contributed by atoms with Crippen LogP contribution in [-0.4, -0.2) is 29.9 Å². The zero-order valence-corrected chi connectivity index (χ0v) is 11.2. The van der Waals surface area contributed by atoms with Gasteiger partial charge in [0.2, 0.25) is 0 Å². The van der Waals surface area contributed by atoms with Gasteiger partial charge in [-0.05, 0) is 22.4 Å². The van der Waals surface area contributed by atoms with Gasteiger partial charge in [-0.1, -0.05) is 6.92 Å². The Balaban J connectivity index is 3.06. The molecule has 6 heteroatoms. The maximum absolute atomic E-state index is 11.9. The van der Waals surface area contributed by atoms with Gasteiger partial charge in [0, 0.05) is 26.7 Å². The van der Waals surface area contributed by atoms with Gasteiger partial charge in [-0.3, -0.25) is 4.79 Å². The number of aromatic nitrogens is 2. The maximum atomic E-state index is 11.9. The fourth-order valence-corrected chi connectivity index (χ4v) is 2.02. The summed E-state index contributed by atoms with van der Waals surface area (Å²) in [7, 11) is 1.89. The lowest BCUT2D eigenvalue weighted by atomic mass is 10.4. The van der Waals surface area contributed by atoms with Gasteiger partial charge in [-0.15, -0.1) is 0 Å². The summed E-state index contributed by atoms with van der Waals surface area (Å²) in [5.41, 5.74) is 6.16. The predicted molar refractivity (Wildman–Crippen MR) is 68.8 cm³/mol. The third kappa shape index (κ3) is 2.82. The molecule has 0 radical (unpaired) electrons. The molecule has 0 aliphatic carbocycles. The number of rotatable bonds is 5. The Morgan fingerprint density at radius 2 is 2.31 bits per heavy atom. The van der Waals surface area contributed by atoms with Crippen LogP contribution in [0.25, 0.3) is 0 Å². The van der Waals surface area contributed by atoms with Gasteiger partial charge in [-0.2, -0.15) is 5.10 Å². The number of hydrogen-bond acceptors (Lipinski definition) is 4. The van der Waals surface area contributed by atoms with E-state index < -0.39 is 0 Å². The lowest BCUT2D eigenvalue weighted by molar-refractivity contribution is 0.564. The summed E-state index contributed by atoms with van der Waals surface area (Å²) >= 11 is 3.32. The van der Waals surface area contributed by atoms with E-state index in [-0.39, 0.29) is 5.56 Å². The van der Waals surface area contributed by atoms with Gasteiger partial charge >= 0.3 is 0 Å². The number of hydrogen-bond donors (Lipinski definition) is 1. The number of nitrogens with two attached hydrogens (primary N) is 1. The molecular formula is C10H17BrN4O. The molecule has 0 unspecified atom stereocenters. The van der Waals surface area contributed by atoms with Crippen LogP contribution in [-0.2, 0) is 6.54 Å². The van der Waals surface area contributed by atoms with E-state index in [2.05, 4.69) is 21.0 Å². The van der Waals surface area contributed by atoms with Gasteiger partial charge in [0.05, 0.1) is 11.9 Å². The van der Waals surface area contributed by atoms with E-state index in [0.717, 1.165) is 12.1 Å². The summed E-state index contributed by atoms with van der Waals surface area (Å²) in [6, 6.07) is 0. The smallest absolute Gasteiger partial charge is 0.283 e. The van der Waals surface area contributed by atoms with Crippen molar-refractivity contribution in [3.63, 3.8) is 0 Å². The van der Waals surface area contributed by atoms with Gasteiger partial charge in [0.25, 0.3) is 5.56 Å². The van der Waals surface area contributed by atoms with E-state index in [0.29, 0.717) is 24.1 Å². The number of likely N-dealkylation sites (N-methyl/N-ethyl adjacent to an activating group) is 1. The maximum Gasteiger partial charge on any atom is 0.283 e. The van der Waals surface area contributed by atoms with Gasteiger partial charge < -0.3 is 10.6 Å². The monoisotopic (exact) mass is 288 g/mol. The van der Waals surface area contributed by atoms with Gasteiger partial charge in [0.1, 0.15) is 4.47 Å². The highest BCUT2D eigenvalue weighted by molar-refractivity contribution is 9.10. The van der Waals surface area contributed by atoms with Crippen molar-refractivity contribution in [1.82, 2.24) is 9.78 Å². The van der Waals surface area contributed by atoms with Crippen molar-refractivity contribution < 1.29 is 0 Å². The molecular weight excluding hydrogens is 272 g/mol. The van der Waals surface area contributed by atoms with Crippen molar-refractivity contribution in [2.75, 3.05) is 25.0 Å². The van der Waals surface area contributed by atoms with E-state index in [9.17, 15) is 4.79 Å². The van der Waals surface area contributed by atoms with Crippen LogP contribution in [0, 0.1) is 0 Å². The highest BCUT2D eigenvalue weighted by Crippen LogP contribution is 2.19. The molecule has 0 aromatic carbocycles. The summed E-state index contributed by atoms with van der Waals surface area (Å²) < 4.78 is 2.01. The van der Waals surface area contributed by atoms with Crippen molar-refractivity contribution in [2.45, 2.75) is 19.9 Å². The van der Waals surface area contributed by atoms with Crippen LogP contribution in [0.3, 0.4) is 0 Å². The highest BCUT2D eigenvalue weighted by atomic mass is 79.9. The lowest BCUT2D eigenvalue weighted by Gasteiger charge is -2.19. The molecule has 0 aliphatic heterocycles. The van der Waals surface area contributed by atoms with Crippen LogP contribution in [0.1, 0.15) is 13.3 Å². The van der Waals surface area contributed by atoms with Crippen molar-refractivity contribution in [3.8, 4) is 0 Å². The lowest BCUT2D eigenvalue weighted by Crippen LogP contribution is -2.30. The largest absolute Gasteiger partial charge is 0.371 e. The summed E-state index contributed by atoms with van der Waals surface area (Å²) in [5, 5.41) is 4.12. The molecule has 1 aromatic rings. The summed E-state index contributed by atoms with van der Waals surface area (Å²) in [6.45, 7) is 3.88. The molecule has 1 rings (SSSR count). The first-order valence-corrected chi connectivity index (χ1v) is 6.08. The van der Waals surface area contributed by atoms with Gasteiger partial charge in [0.15, 0.2) is 0 Å². The first kappa shape index (κ1) is 13.2. The minimum Gasteiger partial charge on any atom is -0.371 e. The second-order valence-electron chi connectivity index (χ2n) is 3.58. The second-order valence-corrected chi connectivity index (χ2v) is 4.38. The molecule has 0 bridgehead atoms. The van der Waals surface area contributed by atoms with Crippen molar-refractivity contribution in [1.29, 1.82) is 0 Å². The Morgan fingerprint density at radius 3 is 2.88 bits per heavy atom. The topological polar surface area (TPSA) is 64.2 Å². The molecule has 0 aliphatic rings. The van der Waals surface area contributed by atoms with E-state index in [1.807, 2.05) is 18.9 Å². The van der Waals surface area contributed by atoms with E-state index >= 15 is 0 Å². The summed E-state index contributed by atoms with van der Waals surface area (Å²) in [5.74, 6) is 0.